The van der Waals surface area contributed by atoms with Crippen molar-refractivity contribution in [2.75, 3.05) is 0 Å². The fourth-order valence-corrected chi connectivity index (χ4v) is 1.22. The lowest BCUT2D eigenvalue weighted by molar-refractivity contribution is 0.0690. The highest BCUT2D eigenvalue weighted by Crippen LogP contribution is 2.16. The maximum Gasteiger partial charge on any atom is 0.354 e. The molecule has 0 amide bonds. The maximum absolute atomic E-state index is 10.7. The van der Waals surface area contributed by atoms with Crippen LogP contribution in [0.1, 0.15) is 10.5 Å². The van der Waals surface area contributed by atoms with Crippen LogP contribution in [0.15, 0.2) is 36.7 Å². The average Bonchev–Trinajstić information content (AvgIpc) is 2.71. The summed E-state index contributed by atoms with van der Waals surface area (Å²) in [4.78, 5) is 17.4. The van der Waals surface area contributed by atoms with Gasteiger partial charge in [-0.25, -0.2) is 9.78 Å². The van der Waals surface area contributed by atoms with Crippen molar-refractivity contribution in [1.29, 1.82) is 0 Å². The van der Waals surface area contributed by atoms with Gasteiger partial charge in [0, 0.05) is 23.7 Å². The number of H-pyrrole nitrogens is 1. The molecule has 2 N–H and O–H groups in total. The predicted octanol–water partition coefficient (Wildman–Crippen LogP) is 1.77. The molecular weight excluding hydrogens is 180 g/mol. The van der Waals surface area contributed by atoms with Crippen molar-refractivity contribution in [3.8, 4) is 11.3 Å². The summed E-state index contributed by atoms with van der Waals surface area (Å²) in [5, 5.41) is 8.73. The van der Waals surface area contributed by atoms with Gasteiger partial charge in [0.05, 0.1) is 0 Å². The quantitative estimate of drug-likeness (QED) is 0.754. The van der Waals surface area contributed by atoms with Gasteiger partial charge in [-0.3, -0.25) is 0 Å². The molecule has 0 radical (unpaired) electrons. The number of aromatic nitrogens is 2. The minimum Gasteiger partial charge on any atom is -0.477 e. The number of hydrogen-bond acceptors (Lipinski definition) is 2. The lowest BCUT2D eigenvalue weighted by Gasteiger charge is -1.98. The molecule has 0 bridgehead atoms. The highest BCUT2D eigenvalue weighted by atomic mass is 16.4. The smallest absolute Gasteiger partial charge is 0.354 e. The Labute approximate surface area is 80.2 Å². The van der Waals surface area contributed by atoms with E-state index < -0.39 is 5.97 Å². The molecule has 4 heteroatoms. The van der Waals surface area contributed by atoms with E-state index >= 15 is 0 Å². The first kappa shape index (κ1) is 8.50. The number of nitrogens with one attached hydrogen (secondary N) is 1. The molecule has 2 heterocycles. The first-order chi connectivity index (χ1) is 6.77. The second-order valence-electron chi connectivity index (χ2n) is 2.82. The van der Waals surface area contributed by atoms with Gasteiger partial charge in [-0.1, -0.05) is 0 Å². The molecule has 0 aliphatic carbocycles. The first-order valence-electron chi connectivity index (χ1n) is 4.10. The van der Waals surface area contributed by atoms with Gasteiger partial charge in [0.15, 0.2) is 0 Å². The predicted molar refractivity (Wildman–Crippen MR) is 51.0 cm³/mol. The number of rotatable bonds is 2. The largest absolute Gasteiger partial charge is 0.477 e. The number of nitrogens with zero attached hydrogens (tertiary/aromatic N) is 1. The van der Waals surface area contributed by atoms with Crippen LogP contribution in [0.3, 0.4) is 0 Å². The Bertz CT molecular complexity index is 449. The Kier molecular flexibility index (Phi) is 2.02. The van der Waals surface area contributed by atoms with E-state index in [0.29, 0.717) is 0 Å². The molecule has 2 rings (SSSR count). The van der Waals surface area contributed by atoms with Gasteiger partial charge >= 0.3 is 5.97 Å². The SMILES string of the molecule is O=C(O)c1cc(-c2ccc[nH]2)ccn1. The first-order valence-corrected chi connectivity index (χ1v) is 4.10. The zero-order valence-corrected chi connectivity index (χ0v) is 7.27. The Balaban J connectivity index is 2.46. The van der Waals surface area contributed by atoms with Crippen LogP contribution in [0.25, 0.3) is 11.3 Å². The average molecular weight is 188 g/mol. The zero-order valence-electron chi connectivity index (χ0n) is 7.27. The van der Waals surface area contributed by atoms with Crippen LogP contribution in [-0.4, -0.2) is 21.0 Å². The van der Waals surface area contributed by atoms with E-state index in [1.807, 2.05) is 12.1 Å². The van der Waals surface area contributed by atoms with Crippen LogP contribution < -0.4 is 0 Å². The molecule has 0 atom stereocenters. The molecule has 4 nitrogen and oxygen atoms in total. The number of aromatic amines is 1. The van der Waals surface area contributed by atoms with E-state index in [9.17, 15) is 4.79 Å². The fourth-order valence-electron chi connectivity index (χ4n) is 1.22. The van der Waals surface area contributed by atoms with Crippen LogP contribution in [-0.2, 0) is 0 Å². The monoisotopic (exact) mass is 188 g/mol. The van der Waals surface area contributed by atoms with Crippen molar-refractivity contribution >= 4 is 5.97 Å². The highest BCUT2D eigenvalue weighted by Gasteiger charge is 2.05. The lowest BCUT2D eigenvalue weighted by Crippen LogP contribution is -1.99. The summed E-state index contributed by atoms with van der Waals surface area (Å²) in [6, 6.07) is 7.03. The molecular formula is C10H8N2O2. The van der Waals surface area contributed by atoms with Gasteiger partial charge in [-0.15, -0.1) is 0 Å². The van der Waals surface area contributed by atoms with E-state index in [1.165, 1.54) is 12.3 Å². The zero-order chi connectivity index (χ0) is 9.97. The molecule has 0 aromatic carbocycles. The Morgan fingerprint density at radius 2 is 2.29 bits per heavy atom. The third kappa shape index (κ3) is 1.50. The van der Waals surface area contributed by atoms with Gasteiger partial charge in [-0.05, 0) is 24.3 Å². The van der Waals surface area contributed by atoms with E-state index in [2.05, 4.69) is 9.97 Å². The van der Waals surface area contributed by atoms with Crippen molar-refractivity contribution in [3.63, 3.8) is 0 Å². The third-order valence-corrected chi connectivity index (χ3v) is 1.89. The van der Waals surface area contributed by atoms with Gasteiger partial charge in [0.25, 0.3) is 0 Å². The van der Waals surface area contributed by atoms with Crippen LogP contribution >= 0.6 is 0 Å². The molecule has 2 aromatic heterocycles. The number of hydrogen-bond donors (Lipinski definition) is 2. The van der Waals surface area contributed by atoms with Crippen LogP contribution in [0.4, 0.5) is 0 Å². The number of carboxylic acids is 1. The molecule has 0 spiro atoms. The number of carboxylic acid groups (broad SMARTS) is 1. The van der Waals surface area contributed by atoms with E-state index in [1.54, 1.807) is 12.3 Å². The van der Waals surface area contributed by atoms with Crippen molar-refractivity contribution in [2.24, 2.45) is 0 Å². The van der Waals surface area contributed by atoms with Gasteiger partial charge in [0.2, 0.25) is 0 Å². The summed E-state index contributed by atoms with van der Waals surface area (Å²) in [6.07, 6.45) is 3.27. The lowest BCUT2D eigenvalue weighted by atomic mass is 10.2. The van der Waals surface area contributed by atoms with Crippen molar-refractivity contribution in [3.05, 3.63) is 42.4 Å². The summed E-state index contributed by atoms with van der Waals surface area (Å²) < 4.78 is 0. The van der Waals surface area contributed by atoms with Crippen LogP contribution in [0, 0.1) is 0 Å². The number of aromatic carboxylic acids is 1. The van der Waals surface area contributed by atoms with Crippen LogP contribution in [0.5, 0.6) is 0 Å². The Morgan fingerprint density at radius 3 is 2.93 bits per heavy atom. The molecule has 0 aliphatic heterocycles. The summed E-state index contributed by atoms with van der Waals surface area (Å²) in [7, 11) is 0. The number of carbonyl (C=O) groups is 1. The van der Waals surface area contributed by atoms with E-state index in [4.69, 9.17) is 5.11 Å². The van der Waals surface area contributed by atoms with Crippen LogP contribution in [0.2, 0.25) is 0 Å². The molecule has 70 valence electrons. The molecule has 2 aromatic rings. The standard InChI is InChI=1S/C10H8N2O2/c13-10(14)9-6-7(3-5-12-9)8-2-1-4-11-8/h1-6,11H,(H,13,14). The number of pyridine rings is 1. The molecule has 0 aliphatic rings. The van der Waals surface area contributed by atoms with Gasteiger partial charge in [0.1, 0.15) is 5.69 Å². The second kappa shape index (κ2) is 3.33. The van der Waals surface area contributed by atoms with Crippen molar-refractivity contribution in [2.45, 2.75) is 0 Å². The Morgan fingerprint density at radius 1 is 1.43 bits per heavy atom. The van der Waals surface area contributed by atoms with E-state index in [-0.39, 0.29) is 5.69 Å². The summed E-state index contributed by atoms with van der Waals surface area (Å²) >= 11 is 0. The van der Waals surface area contributed by atoms with Gasteiger partial charge < -0.3 is 10.1 Å². The fraction of sp³-hybridized carbons (Fsp3) is 0. The van der Waals surface area contributed by atoms with E-state index in [0.717, 1.165) is 11.3 Å². The van der Waals surface area contributed by atoms with Crippen molar-refractivity contribution in [1.82, 2.24) is 9.97 Å². The molecule has 0 saturated heterocycles. The molecule has 0 saturated carbocycles. The summed E-state index contributed by atoms with van der Waals surface area (Å²) in [5.41, 5.74) is 1.76. The summed E-state index contributed by atoms with van der Waals surface area (Å²) in [5.74, 6) is -1.02. The minimum absolute atomic E-state index is 0.0529. The minimum atomic E-state index is -1.02. The maximum atomic E-state index is 10.7. The topological polar surface area (TPSA) is 66.0 Å². The summed E-state index contributed by atoms with van der Waals surface area (Å²) in [6.45, 7) is 0. The molecule has 0 fully saturated rings. The molecule has 14 heavy (non-hydrogen) atoms. The second-order valence-corrected chi connectivity index (χ2v) is 2.82. The highest BCUT2D eigenvalue weighted by molar-refractivity contribution is 5.86. The van der Waals surface area contributed by atoms with Crippen molar-refractivity contribution < 1.29 is 9.90 Å². The molecule has 0 unspecified atom stereocenters. The van der Waals surface area contributed by atoms with Gasteiger partial charge in [-0.2, -0.15) is 0 Å². The third-order valence-electron chi connectivity index (χ3n) is 1.89. The Hall–Kier alpha value is -2.10. The normalized spacial score (nSPS) is 10.0.